The quantitative estimate of drug-likeness (QED) is 0.660. The van der Waals surface area contributed by atoms with E-state index in [1.165, 1.54) is 24.1 Å². The van der Waals surface area contributed by atoms with Crippen molar-refractivity contribution < 1.29 is 17.9 Å². The molecule has 0 fully saturated rings. The van der Waals surface area contributed by atoms with E-state index < -0.39 is 15.6 Å². The van der Waals surface area contributed by atoms with Gasteiger partial charge in [0.25, 0.3) is 5.79 Å². The Labute approximate surface area is 150 Å². The van der Waals surface area contributed by atoms with Gasteiger partial charge in [-0.2, -0.15) is 15.5 Å². The lowest BCUT2D eigenvalue weighted by Gasteiger charge is -2.24. The van der Waals surface area contributed by atoms with Crippen molar-refractivity contribution in [2.75, 3.05) is 19.5 Å². The van der Waals surface area contributed by atoms with Gasteiger partial charge in [0.2, 0.25) is 0 Å². The van der Waals surface area contributed by atoms with Crippen LogP contribution in [0.1, 0.15) is 19.4 Å². The highest BCUT2D eigenvalue weighted by Gasteiger charge is 2.36. The molecule has 0 amide bonds. The van der Waals surface area contributed by atoms with Crippen LogP contribution in [0.3, 0.4) is 0 Å². The maximum Gasteiger partial charge on any atom is 0.290 e. The van der Waals surface area contributed by atoms with Crippen LogP contribution < -0.4 is 0 Å². The summed E-state index contributed by atoms with van der Waals surface area (Å²) >= 11 is 6.18. The first-order chi connectivity index (χ1) is 11.7. The molecule has 136 valence electrons. The minimum absolute atomic E-state index is 0.0602. The third-order valence-electron chi connectivity index (χ3n) is 3.30. The van der Waals surface area contributed by atoms with Crippen molar-refractivity contribution in [2.45, 2.75) is 24.7 Å². The number of nitrogens with zero attached hydrogens (tertiary/aromatic N) is 5. The minimum Gasteiger partial charge on any atom is -0.335 e. The number of sulfone groups is 1. The lowest BCUT2D eigenvalue weighted by Crippen LogP contribution is -2.31. The highest BCUT2D eigenvalue weighted by Crippen LogP contribution is 2.30. The number of ether oxygens (including phenoxy) is 2. The Morgan fingerprint density at radius 1 is 1.36 bits per heavy atom. The van der Waals surface area contributed by atoms with Gasteiger partial charge in [-0.15, -0.1) is 0 Å². The summed E-state index contributed by atoms with van der Waals surface area (Å²) in [5.74, 6) is -1.49. The average molecular weight is 388 g/mol. The summed E-state index contributed by atoms with van der Waals surface area (Å²) in [4.78, 5) is 0. The lowest BCUT2D eigenvalue weighted by atomic mass is 10.1. The van der Waals surface area contributed by atoms with Gasteiger partial charge >= 0.3 is 0 Å². The molecule has 0 unspecified atom stereocenters. The van der Waals surface area contributed by atoms with Crippen LogP contribution >= 0.6 is 11.6 Å². The molecule has 11 heteroatoms. The molecule has 0 saturated heterocycles. The highest BCUT2D eigenvalue weighted by atomic mass is 35.5. The molecule has 2 aromatic rings. The topological polar surface area (TPSA) is 112 Å². The first-order valence-electron chi connectivity index (χ1n) is 7.37. The second-order valence-electron chi connectivity index (χ2n) is 5.11. The lowest BCUT2D eigenvalue weighted by molar-refractivity contribution is -0.201. The number of halogens is 1. The summed E-state index contributed by atoms with van der Waals surface area (Å²) in [6.45, 7) is 3.98. The summed E-state index contributed by atoms with van der Waals surface area (Å²) in [6, 6.07) is 2.00. The van der Waals surface area contributed by atoms with E-state index in [0.29, 0.717) is 5.56 Å². The molecule has 2 aromatic heterocycles. The van der Waals surface area contributed by atoms with Gasteiger partial charge in [-0.1, -0.05) is 11.6 Å². The summed E-state index contributed by atoms with van der Waals surface area (Å²) < 4.78 is 37.1. The van der Waals surface area contributed by atoms with Crippen LogP contribution in [0.25, 0.3) is 5.82 Å². The number of aryl methyl sites for hydroxylation is 1. The fraction of sp³-hybridized carbons (Fsp3) is 0.500. The van der Waals surface area contributed by atoms with Crippen LogP contribution in [0.4, 0.5) is 0 Å². The monoisotopic (exact) mass is 387 g/mol. The third kappa shape index (κ3) is 3.55. The summed E-state index contributed by atoms with van der Waals surface area (Å²) in [6.07, 6.45) is 3.90. The van der Waals surface area contributed by atoms with Gasteiger partial charge < -0.3 is 9.47 Å². The second kappa shape index (κ2) is 7.13. The minimum atomic E-state index is -3.57. The highest BCUT2D eigenvalue weighted by molar-refractivity contribution is 7.90. The van der Waals surface area contributed by atoms with E-state index in [-0.39, 0.29) is 29.1 Å². The second-order valence-corrected chi connectivity index (χ2v) is 7.42. The van der Waals surface area contributed by atoms with Gasteiger partial charge in [-0.3, -0.25) is 4.68 Å². The van der Waals surface area contributed by atoms with Crippen LogP contribution in [0, 0.1) is 11.3 Å². The Kier molecular flexibility index (Phi) is 5.53. The van der Waals surface area contributed by atoms with Crippen LogP contribution in [0.15, 0.2) is 17.4 Å². The largest absolute Gasteiger partial charge is 0.335 e. The number of rotatable bonds is 7. The molecular formula is C14H18ClN5O4S. The van der Waals surface area contributed by atoms with Gasteiger partial charge in [0.1, 0.15) is 11.1 Å². The molecule has 0 aromatic carbocycles. The fourth-order valence-electron chi connectivity index (χ4n) is 2.37. The molecule has 2 heterocycles. The molecule has 0 N–H and O–H groups in total. The molecule has 0 aliphatic carbocycles. The Morgan fingerprint density at radius 2 is 1.96 bits per heavy atom. The van der Waals surface area contributed by atoms with Gasteiger partial charge in [0, 0.05) is 32.7 Å². The Bertz CT molecular complexity index is 906. The van der Waals surface area contributed by atoms with Crippen molar-refractivity contribution in [1.82, 2.24) is 19.6 Å². The normalized spacial score (nSPS) is 12.3. The molecule has 9 nitrogen and oxygen atoms in total. The molecule has 0 saturated carbocycles. The first kappa shape index (κ1) is 19.4. The smallest absolute Gasteiger partial charge is 0.290 e. The predicted molar refractivity (Wildman–Crippen MR) is 89.0 cm³/mol. The van der Waals surface area contributed by atoms with Crippen LogP contribution in [0.2, 0.25) is 5.02 Å². The molecule has 25 heavy (non-hydrogen) atoms. The summed E-state index contributed by atoms with van der Waals surface area (Å²) in [5.41, 5.74) is 0.348. The SMILES string of the molecule is CCOC(C#N)(OCC)c1cnn(-c2nn(C)c(S(C)(=O)=O)c2Cl)c1. The van der Waals surface area contributed by atoms with Crippen LogP contribution in [0.5, 0.6) is 0 Å². The molecule has 2 rings (SSSR count). The van der Waals surface area contributed by atoms with Crippen molar-refractivity contribution in [1.29, 1.82) is 5.26 Å². The Hall–Kier alpha value is -1.93. The third-order valence-corrected chi connectivity index (χ3v) is 4.93. The standard InChI is InChI=1S/C14H18ClN5O4S/c1-5-23-14(9-16,24-6-2)10-7-17-20(8-10)12-11(15)13(19(3)18-12)25(4,21)22/h7-8H,5-6H2,1-4H3. The van der Waals surface area contributed by atoms with Gasteiger partial charge in [-0.05, 0) is 13.8 Å². The van der Waals surface area contributed by atoms with Crippen LogP contribution in [-0.4, -0.2) is 47.4 Å². The zero-order valence-corrected chi connectivity index (χ0v) is 15.8. The van der Waals surface area contributed by atoms with E-state index in [1.54, 1.807) is 13.8 Å². The van der Waals surface area contributed by atoms with Gasteiger partial charge in [0.05, 0.1) is 11.8 Å². The van der Waals surface area contributed by atoms with Crippen molar-refractivity contribution in [3.63, 3.8) is 0 Å². The van der Waals surface area contributed by atoms with Crippen molar-refractivity contribution in [2.24, 2.45) is 7.05 Å². The molecule has 0 bridgehead atoms. The maximum absolute atomic E-state index is 11.8. The van der Waals surface area contributed by atoms with E-state index in [4.69, 9.17) is 21.1 Å². The fourth-order valence-corrected chi connectivity index (χ4v) is 3.98. The summed E-state index contributed by atoms with van der Waals surface area (Å²) in [5, 5.41) is 17.6. The van der Waals surface area contributed by atoms with Crippen molar-refractivity contribution >= 4 is 21.4 Å². The zero-order valence-electron chi connectivity index (χ0n) is 14.2. The van der Waals surface area contributed by atoms with E-state index in [9.17, 15) is 13.7 Å². The van der Waals surface area contributed by atoms with Crippen molar-refractivity contribution in [3.8, 4) is 11.9 Å². The van der Waals surface area contributed by atoms with E-state index >= 15 is 0 Å². The molecule has 0 aliphatic rings. The number of aromatic nitrogens is 4. The van der Waals surface area contributed by atoms with E-state index in [2.05, 4.69) is 10.2 Å². The van der Waals surface area contributed by atoms with Crippen molar-refractivity contribution in [3.05, 3.63) is 23.0 Å². The molecule has 0 radical (unpaired) electrons. The molecule has 0 aliphatic heterocycles. The first-order valence-corrected chi connectivity index (χ1v) is 9.64. The molecule has 0 atom stereocenters. The Balaban J connectivity index is 2.54. The number of hydrogen-bond acceptors (Lipinski definition) is 7. The number of nitriles is 1. The Morgan fingerprint density at radius 3 is 2.40 bits per heavy atom. The average Bonchev–Trinajstić information content (AvgIpc) is 3.11. The van der Waals surface area contributed by atoms with Gasteiger partial charge in [0.15, 0.2) is 20.7 Å². The number of hydrogen-bond donors (Lipinski definition) is 0. The predicted octanol–water partition coefficient (Wildman–Crippen LogP) is 1.41. The maximum atomic E-state index is 11.8. The van der Waals surface area contributed by atoms with E-state index in [0.717, 1.165) is 10.9 Å². The molecule has 0 spiro atoms. The summed E-state index contributed by atoms with van der Waals surface area (Å²) in [7, 11) is -2.10. The van der Waals surface area contributed by atoms with Crippen LogP contribution in [-0.2, 0) is 32.1 Å². The van der Waals surface area contributed by atoms with E-state index in [1.807, 2.05) is 6.07 Å². The zero-order chi connectivity index (χ0) is 18.8. The van der Waals surface area contributed by atoms with Gasteiger partial charge in [-0.25, -0.2) is 13.1 Å². The molecular weight excluding hydrogens is 370 g/mol.